The quantitative estimate of drug-likeness (QED) is 0.445. The van der Waals surface area contributed by atoms with Crippen molar-refractivity contribution in [2.24, 2.45) is 0 Å². The van der Waals surface area contributed by atoms with Gasteiger partial charge in [0.15, 0.2) is 0 Å². The molecule has 3 N–H and O–H groups in total. The second kappa shape index (κ2) is 6.28. The van der Waals surface area contributed by atoms with Crippen molar-refractivity contribution >= 4 is 10.2 Å². The molecule has 0 radical (unpaired) electrons. The first kappa shape index (κ1) is 12.8. The maximum atomic E-state index is 11.0. The predicted octanol–water partition coefficient (Wildman–Crippen LogP) is -1.56. The first-order chi connectivity index (χ1) is 5.98. The third-order valence-corrected chi connectivity index (χ3v) is 2.30. The Hall–Kier alpha value is -0.210. The van der Waals surface area contributed by atoms with Gasteiger partial charge in [-0.3, -0.25) is 0 Å². The molecule has 0 aliphatic heterocycles. The van der Waals surface area contributed by atoms with Gasteiger partial charge in [-0.2, -0.15) is 17.9 Å². The summed E-state index contributed by atoms with van der Waals surface area (Å²) in [7, 11) is -2.01. The van der Waals surface area contributed by atoms with E-state index in [-0.39, 0.29) is 13.1 Å². The van der Waals surface area contributed by atoms with Gasteiger partial charge in [0, 0.05) is 20.2 Å². The van der Waals surface area contributed by atoms with Crippen molar-refractivity contribution in [1.82, 2.24) is 9.44 Å². The molecule has 6 nitrogen and oxygen atoms in total. The van der Waals surface area contributed by atoms with Gasteiger partial charge in [-0.1, -0.05) is 0 Å². The van der Waals surface area contributed by atoms with Crippen LogP contribution in [0.1, 0.15) is 6.92 Å². The highest BCUT2D eigenvalue weighted by molar-refractivity contribution is 7.87. The van der Waals surface area contributed by atoms with Gasteiger partial charge < -0.3 is 9.84 Å². The highest BCUT2D eigenvalue weighted by Gasteiger charge is 2.08. The Labute approximate surface area is 78.5 Å². The molecule has 1 atom stereocenters. The Kier molecular flexibility index (Phi) is 6.17. The van der Waals surface area contributed by atoms with Crippen LogP contribution in [0.25, 0.3) is 0 Å². The summed E-state index contributed by atoms with van der Waals surface area (Å²) in [5.74, 6) is 0. The van der Waals surface area contributed by atoms with Crippen molar-refractivity contribution < 1.29 is 18.3 Å². The van der Waals surface area contributed by atoms with Crippen LogP contribution in [-0.2, 0) is 14.9 Å². The molecular weight excluding hydrogens is 196 g/mol. The number of methoxy groups -OCH3 is 1. The van der Waals surface area contributed by atoms with Gasteiger partial charge in [0.25, 0.3) is 10.2 Å². The number of hydrogen-bond donors (Lipinski definition) is 3. The van der Waals surface area contributed by atoms with Crippen molar-refractivity contribution in [1.29, 1.82) is 0 Å². The van der Waals surface area contributed by atoms with E-state index >= 15 is 0 Å². The van der Waals surface area contributed by atoms with Crippen LogP contribution in [0.4, 0.5) is 0 Å². The minimum Gasteiger partial charge on any atom is -0.392 e. The molecule has 0 bridgehead atoms. The SMILES string of the molecule is COCCNS(=O)(=O)NC[C@H](C)O. The topological polar surface area (TPSA) is 87.7 Å². The van der Waals surface area contributed by atoms with Crippen molar-refractivity contribution in [2.45, 2.75) is 13.0 Å². The minimum atomic E-state index is -3.49. The maximum absolute atomic E-state index is 11.0. The Morgan fingerprint density at radius 2 is 2.08 bits per heavy atom. The monoisotopic (exact) mass is 212 g/mol. The van der Waals surface area contributed by atoms with E-state index in [2.05, 4.69) is 14.2 Å². The van der Waals surface area contributed by atoms with Crippen LogP contribution in [0.5, 0.6) is 0 Å². The molecule has 0 aliphatic carbocycles. The first-order valence-electron chi connectivity index (χ1n) is 3.89. The molecule has 80 valence electrons. The molecular formula is C6H16N2O4S. The average molecular weight is 212 g/mol. The highest BCUT2D eigenvalue weighted by Crippen LogP contribution is 1.80. The lowest BCUT2D eigenvalue weighted by molar-refractivity contribution is 0.197. The minimum absolute atomic E-state index is 0.00230. The predicted molar refractivity (Wildman–Crippen MR) is 48.5 cm³/mol. The summed E-state index contributed by atoms with van der Waals surface area (Å²) >= 11 is 0. The van der Waals surface area contributed by atoms with E-state index in [1.807, 2.05) is 0 Å². The van der Waals surface area contributed by atoms with Gasteiger partial charge >= 0.3 is 0 Å². The second-order valence-corrected chi connectivity index (χ2v) is 4.17. The van der Waals surface area contributed by atoms with E-state index in [0.29, 0.717) is 6.61 Å². The van der Waals surface area contributed by atoms with Gasteiger partial charge in [0.05, 0.1) is 12.7 Å². The van der Waals surface area contributed by atoms with Gasteiger partial charge in [-0.15, -0.1) is 0 Å². The van der Waals surface area contributed by atoms with Crippen LogP contribution < -0.4 is 9.44 Å². The molecule has 0 fully saturated rings. The molecule has 0 saturated heterocycles. The number of nitrogens with one attached hydrogen (secondary N) is 2. The molecule has 0 spiro atoms. The van der Waals surface area contributed by atoms with Crippen LogP contribution >= 0.6 is 0 Å². The number of aliphatic hydroxyl groups excluding tert-OH is 1. The number of hydrogen-bond acceptors (Lipinski definition) is 4. The summed E-state index contributed by atoms with van der Waals surface area (Å²) in [5.41, 5.74) is 0. The van der Waals surface area contributed by atoms with E-state index in [4.69, 9.17) is 5.11 Å². The van der Waals surface area contributed by atoms with E-state index in [1.54, 1.807) is 0 Å². The lowest BCUT2D eigenvalue weighted by Crippen LogP contribution is -2.41. The highest BCUT2D eigenvalue weighted by atomic mass is 32.2. The molecule has 0 aromatic rings. The smallest absolute Gasteiger partial charge is 0.277 e. The lowest BCUT2D eigenvalue weighted by Gasteiger charge is -2.08. The lowest BCUT2D eigenvalue weighted by atomic mass is 10.4. The van der Waals surface area contributed by atoms with Crippen molar-refractivity contribution in [2.75, 3.05) is 26.8 Å². The normalized spacial score (nSPS) is 14.4. The number of aliphatic hydroxyl groups is 1. The molecule has 0 saturated carbocycles. The van der Waals surface area contributed by atoms with Crippen LogP contribution in [0.2, 0.25) is 0 Å². The third kappa shape index (κ3) is 8.13. The van der Waals surface area contributed by atoms with Crippen LogP contribution in [0, 0.1) is 0 Å². The second-order valence-electron chi connectivity index (χ2n) is 2.59. The fourth-order valence-electron chi connectivity index (χ4n) is 0.559. The summed E-state index contributed by atoms with van der Waals surface area (Å²) in [6, 6.07) is 0. The van der Waals surface area contributed by atoms with Gasteiger partial charge in [0.1, 0.15) is 0 Å². The fourth-order valence-corrected chi connectivity index (χ4v) is 1.47. The molecule has 0 aromatic heterocycles. The van der Waals surface area contributed by atoms with E-state index in [1.165, 1.54) is 14.0 Å². The van der Waals surface area contributed by atoms with E-state index in [0.717, 1.165) is 0 Å². The van der Waals surface area contributed by atoms with E-state index in [9.17, 15) is 8.42 Å². The zero-order chi connectivity index (χ0) is 10.3. The van der Waals surface area contributed by atoms with Crippen molar-refractivity contribution in [3.05, 3.63) is 0 Å². The molecule has 0 unspecified atom stereocenters. The summed E-state index contributed by atoms with van der Waals surface area (Å²) in [6.45, 7) is 2.03. The first-order valence-corrected chi connectivity index (χ1v) is 5.37. The van der Waals surface area contributed by atoms with Crippen LogP contribution in [0.15, 0.2) is 0 Å². The molecule has 0 rings (SSSR count). The molecule has 0 amide bonds. The van der Waals surface area contributed by atoms with Crippen molar-refractivity contribution in [3.63, 3.8) is 0 Å². The molecule has 0 aliphatic rings. The number of rotatable bonds is 7. The van der Waals surface area contributed by atoms with Crippen LogP contribution in [-0.4, -0.2) is 46.4 Å². The van der Waals surface area contributed by atoms with Crippen molar-refractivity contribution in [3.8, 4) is 0 Å². The Morgan fingerprint density at radius 1 is 1.46 bits per heavy atom. The zero-order valence-corrected chi connectivity index (χ0v) is 8.60. The molecule has 13 heavy (non-hydrogen) atoms. The Bertz CT molecular complexity index is 215. The summed E-state index contributed by atoms with van der Waals surface area (Å²) in [5, 5.41) is 8.81. The van der Waals surface area contributed by atoms with Crippen LogP contribution in [0.3, 0.4) is 0 Å². The largest absolute Gasteiger partial charge is 0.392 e. The molecule has 0 aromatic carbocycles. The third-order valence-electron chi connectivity index (χ3n) is 1.17. The fraction of sp³-hybridized carbons (Fsp3) is 1.00. The van der Waals surface area contributed by atoms with Gasteiger partial charge in [0.2, 0.25) is 0 Å². The zero-order valence-electron chi connectivity index (χ0n) is 7.78. The summed E-state index contributed by atoms with van der Waals surface area (Å²) in [4.78, 5) is 0. The summed E-state index contributed by atoms with van der Waals surface area (Å²) < 4.78 is 31.1. The van der Waals surface area contributed by atoms with Gasteiger partial charge in [-0.05, 0) is 6.92 Å². The Morgan fingerprint density at radius 3 is 2.54 bits per heavy atom. The average Bonchev–Trinajstić information content (AvgIpc) is 2.02. The molecule has 0 heterocycles. The summed E-state index contributed by atoms with van der Waals surface area (Å²) in [6.07, 6.45) is -0.695. The molecule has 7 heteroatoms. The Balaban J connectivity index is 3.68. The van der Waals surface area contributed by atoms with E-state index < -0.39 is 16.3 Å². The number of ether oxygens (including phenoxy) is 1. The van der Waals surface area contributed by atoms with Gasteiger partial charge in [-0.25, -0.2) is 0 Å². The maximum Gasteiger partial charge on any atom is 0.277 e. The standard InChI is InChI=1S/C6H16N2O4S/c1-6(9)5-8-13(10,11)7-3-4-12-2/h6-9H,3-5H2,1-2H3/t6-/m0/s1.